The smallest absolute Gasteiger partial charge is 0.338 e. The minimum atomic E-state index is -0.467. The van der Waals surface area contributed by atoms with Gasteiger partial charge in [0.25, 0.3) is 0 Å². The van der Waals surface area contributed by atoms with Gasteiger partial charge >= 0.3 is 5.97 Å². The van der Waals surface area contributed by atoms with Crippen molar-refractivity contribution in [3.05, 3.63) is 89.6 Å². The van der Waals surface area contributed by atoms with Crippen LogP contribution in [0.1, 0.15) is 37.4 Å². The fourth-order valence-electron chi connectivity index (χ4n) is 3.85. The monoisotopic (exact) mass is 490 g/mol. The Balaban J connectivity index is 1.58. The number of aromatic nitrogens is 3. The molecule has 0 amide bonds. The van der Waals surface area contributed by atoms with Crippen LogP contribution in [0.15, 0.2) is 83.7 Å². The van der Waals surface area contributed by atoms with Crippen LogP contribution in [0.3, 0.4) is 0 Å². The molecule has 0 spiro atoms. The maximum absolute atomic E-state index is 13.0. The molecule has 3 aromatic rings. The highest BCUT2D eigenvalue weighted by Gasteiger charge is 2.35. The van der Waals surface area contributed by atoms with Gasteiger partial charge in [-0.25, -0.2) is 9.48 Å². The second-order valence-electron chi connectivity index (χ2n) is 8.12. The fourth-order valence-corrected chi connectivity index (χ4v) is 4.53. The minimum absolute atomic E-state index is 0.137. The number of rotatable bonds is 11. The van der Waals surface area contributed by atoms with E-state index in [4.69, 9.17) is 14.6 Å². The average Bonchev–Trinajstić information content (AvgIpc) is 3.28. The zero-order valence-corrected chi connectivity index (χ0v) is 20.9. The van der Waals surface area contributed by atoms with Gasteiger partial charge in [-0.3, -0.25) is 0 Å². The number of fused-ring (bicyclic) bond motifs is 1. The van der Waals surface area contributed by atoms with Gasteiger partial charge in [0.2, 0.25) is 11.1 Å². The molecule has 182 valence electrons. The van der Waals surface area contributed by atoms with Crippen LogP contribution in [0.25, 0.3) is 0 Å². The third-order valence-corrected chi connectivity index (χ3v) is 6.56. The second-order valence-corrected chi connectivity index (χ2v) is 9.18. The summed E-state index contributed by atoms with van der Waals surface area (Å²) in [5, 5.41) is 8.61. The summed E-state index contributed by atoms with van der Waals surface area (Å²) in [6.07, 6.45) is 3.41. The largest absolute Gasteiger partial charge is 0.493 e. The lowest BCUT2D eigenvalue weighted by molar-refractivity contribution is -0.138. The Bertz CT molecular complexity index is 1190. The molecule has 0 radical (unpaired) electrons. The molecule has 0 fully saturated rings. The number of carbonyl (C=O) groups excluding carboxylic acids is 1. The molecule has 1 unspecified atom stereocenters. The maximum atomic E-state index is 13.0. The lowest BCUT2D eigenvalue weighted by Gasteiger charge is -2.28. The van der Waals surface area contributed by atoms with Crippen LogP contribution in [-0.2, 0) is 16.0 Å². The van der Waals surface area contributed by atoms with Crippen LogP contribution in [-0.4, -0.2) is 39.7 Å². The molecule has 0 saturated heterocycles. The number of allylic oxidation sites excluding steroid dienone is 1. The average molecular weight is 491 g/mol. The van der Waals surface area contributed by atoms with Crippen LogP contribution in [0.2, 0.25) is 0 Å². The summed E-state index contributed by atoms with van der Waals surface area (Å²) in [5.74, 6) is 1.89. The summed E-state index contributed by atoms with van der Waals surface area (Å²) in [5.41, 5.74) is 3.32. The molecule has 35 heavy (non-hydrogen) atoms. The molecule has 0 bridgehead atoms. The molecule has 7 nitrogen and oxygen atoms in total. The molecule has 2 heterocycles. The second kappa shape index (κ2) is 11.8. The van der Waals surface area contributed by atoms with Gasteiger partial charge in [0.1, 0.15) is 18.4 Å². The lowest BCUT2D eigenvalue weighted by atomic mass is 9.96. The summed E-state index contributed by atoms with van der Waals surface area (Å²) >= 11 is 1.59. The van der Waals surface area contributed by atoms with E-state index in [1.165, 1.54) is 5.56 Å². The number of thioether (sulfide) groups is 1. The van der Waals surface area contributed by atoms with Crippen LogP contribution in [0.4, 0.5) is 5.95 Å². The van der Waals surface area contributed by atoms with E-state index < -0.39 is 12.0 Å². The Hall–Kier alpha value is -3.52. The number of carbonyl (C=O) groups is 1. The van der Waals surface area contributed by atoms with Crippen molar-refractivity contribution in [3.63, 3.8) is 0 Å². The number of anilines is 1. The molecule has 4 rings (SSSR count). The maximum Gasteiger partial charge on any atom is 0.338 e. The zero-order valence-electron chi connectivity index (χ0n) is 20.1. The highest BCUT2D eigenvalue weighted by Crippen LogP contribution is 2.37. The van der Waals surface area contributed by atoms with Crippen molar-refractivity contribution in [1.82, 2.24) is 14.8 Å². The molecular formula is C27H30N4O3S. The van der Waals surface area contributed by atoms with Gasteiger partial charge in [-0.1, -0.05) is 73.8 Å². The van der Waals surface area contributed by atoms with Crippen molar-refractivity contribution < 1.29 is 14.3 Å². The Labute approximate surface area is 210 Å². The number of esters is 1. The van der Waals surface area contributed by atoms with E-state index in [0.29, 0.717) is 29.0 Å². The van der Waals surface area contributed by atoms with Crippen LogP contribution in [0, 0.1) is 0 Å². The third kappa shape index (κ3) is 5.95. The number of ether oxygens (including phenoxy) is 2. The molecule has 1 aliphatic heterocycles. The third-order valence-electron chi connectivity index (χ3n) is 5.52. The quantitative estimate of drug-likeness (QED) is 0.218. The molecule has 0 saturated carbocycles. The van der Waals surface area contributed by atoms with E-state index in [-0.39, 0.29) is 6.61 Å². The summed E-state index contributed by atoms with van der Waals surface area (Å²) in [6.45, 7) is 8.34. The molecule has 1 aromatic heterocycles. The first-order valence-corrected chi connectivity index (χ1v) is 12.7. The van der Waals surface area contributed by atoms with Gasteiger partial charge in [0.15, 0.2) is 0 Å². The number of hydrogen-bond acceptors (Lipinski definition) is 7. The van der Waals surface area contributed by atoms with Crippen molar-refractivity contribution in [1.29, 1.82) is 0 Å². The molecule has 8 heteroatoms. The van der Waals surface area contributed by atoms with Gasteiger partial charge in [-0.2, -0.15) is 4.98 Å². The summed E-state index contributed by atoms with van der Waals surface area (Å²) < 4.78 is 13.1. The topological polar surface area (TPSA) is 78.3 Å². The van der Waals surface area contributed by atoms with Gasteiger partial charge in [-0.05, 0) is 36.6 Å². The number of nitrogens with one attached hydrogen (secondary N) is 1. The Morgan fingerprint density at radius 2 is 1.97 bits per heavy atom. The van der Waals surface area contributed by atoms with E-state index in [2.05, 4.69) is 35.9 Å². The first kappa shape index (κ1) is 24.6. The molecule has 1 N–H and O–H groups in total. The van der Waals surface area contributed by atoms with E-state index >= 15 is 0 Å². The highest BCUT2D eigenvalue weighted by atomic mass is 32.2. The van der Waals surface area contributed by atoms with E-state index in [1.807, 2.05) is 49.4 Å². The summed E-state index contributed by atoms with van der Waals surface area (Å²) in [7, 11) is 0. The van der Waals surface area contributed by atoms with Crippen molar-refractivity contribution >= 4 is 23.7 Å². The first-order chi connectivity index (χ1) is 17.1. The first-order valence-electron chi connectivity index (χ1n) is 11.7. The number of hydrogen-bond donors (Lipinski definition) is 1. The Kier molecular flexibility index (Phi) is 8.26. The van der Waals surface area contributed by atoms with Crippen LogP contribution < -0.4 is 10.1 Å². The molecular weight excluding hydrogens is 460 g/mol. The number of nitrogens with zero attached hydrogens (tertiary/aromatic N) is 3. The Morgan fingerprint density at radius 1 is 1.20 bits per heavy atom. The van der Waals surface area contributed by atoms with E-state index in [1.54, 1.807) is 22.5 Å². The standard InChI is InChI=1S/C27H30N4O3S/c1-4-16-34-25(32)23-19(3)28-26-29-27(35-18-5-2)30-31(26)24(23)21-11-13-22(14-12-21)33-17-15-20-9-7-6-8-10-20/h4,6-14,24H,1,5,15-18H2,2-3H3,(H,28,29,30). The highest BCUT2D eigenvalue weighted by molar-refractivity contribution is 7.99. The number of benzene rings is 2. The normalized spacial score (nSPS) is 14.7. The zero-order chi connectivity index (χ0) is 24.6. The van der Waals surface area contributed by atoms with Gasteiger partial charge < -0.3 is 14.8 Å². The molecule has 0 aliphatic carbocycles. The van der Waals surface area contributed by atoms with Crippen LogP contribution in [0.5, 0.6) is 5.75 Å². The summed E-state index contributed by atoms with van der Waals surface area (Å²) in [4.78, 5) is 17.7. The van der Waals surface area contributed by atoms with E-state index in [9.17, 15) is 4.79 Å². The molecule has 1 aliphatic rings. The Morgan fingerprint density at radius 3 is 2.69 bits per heavy atom. The van der Waals surface area contributed by atoms with Crippen molar-refractivity contribution in [2.45, 2.75) is 37.9 Å². The lowest BCUT2D eigenvalue weighted by Crippen LogP contribution is -2.29. The predicted octanol–water partition coefficient (Wildman–Crippen LogP) is 5.42. The van der Waals surface area contributed by atoms with Crippen LogP contribution >= 0.6 is 11.8 Å². The fraction of sp³-hybridized carbons (Fsp3) is 0.296. The van der Waals surface area contributed by atoms with E-state index in [0.717, 1.165) is 29.9 Å². The summed E-state index contributed by atoms with van der Waals surface area (Å²) in [6, 6.07) is 17.6. The van der Waals surface area contributed by atoms with Gasteiger partial charge in [-0.15, -0.1) is 5.10 Å². The van der Waals surface area contributed by atoms with Gasteiger partial charge in [0, 0.05) is 17.9 Å². The van der Waals surface area contributed by atoms with Crippen molar-refractivity contribution in [3.8, 4) is 5.75 Å². The SMILES string of the molecule is C=CCOC(=O)C1=C(C)Nc2nc(SCCC)nn2C1c1ccc(OCCc2ccccc2)cc1. The molecule has 1 atom stereocenters. The minimum Gasteiger partial charge on any atom is -0.493 e. The van der Waals surface area contributed by atoms with Crippen molar-refractivity contribution in [2.75, 3.05) is 24.3 Å². The van der Waals surface area contributed by atoms with Crippen molar-refractivity contribution in [2.24, 2.45) is 0 Å². The van der Waals surface area contributed by atoms with Gasteiger partial charge in [0.05, 0.1) is 12.2 Å². The predicted molar refractivity (Wildman–Crippen MR) is 139 cm³/mol. The molecule has 2 aromatic carbocycles.